The molecule has 1 saturated carbocycles. The fourth-order valence-corrected chi connectivity index (χ4v) is 3.76. The normalized spacial score (nSPS) is 13.4. The summed E-state index contributed by atoms with van der Waals surface area (Å²) in [7, 11) is 0. The Hall–Kier alpha value is -2.06. The average Bonchev–Trinajstić information content (AvgIpc) is 3.41. The first kappa shape index (κ1) is 21.6. The summed E-state index contributed by atoms with van der Waals surface area (Å²) in [6.45, 7) is 0. The molecule has 0 saturated heterocycles. The molecule has 4 aromatic heterocycles. The molecule has 4 aromatic rings. The zero-order valence-electron chi connectivity index (χ0n) is 16.3. The molecule has 1 aliphatic rings. The molecule has 1 aliphatic carbocycles. The van der Waals surface area contributed by atoms with Crippen molar-refractivity contribution in [1.29, 1.82) is 0 Å². The number of thiazole rings is 1. The van der Waals surface area contributed by atoms with Crippen LogP contribution in [0.25, 0.3) is 16.0 Å². The minimum atomic E-state index is -0.0409. The molecular weight excluding hydrogens is 393 g/mol. The number of rotatable bonds is 3. The van der Waals surface area contributed by atoms with Gasteiger partial charge in [0, 0.05) is 24.5 Å². The van der Waals surface area contributed by atoms with Gasteiger partial charge >= 0.3 is 29.6 Å². The van der Waals surface area contributed by atoms with Gasteiger partial charge in [-0.15, -0.1) is 6.07 Å². The molecule has 29 heavy (non-hydrogen) atoms. The van der Waals surface area contributed by atoms with Crippen LogP contribution in [-0.4, -0.2) is 25.6 Å². The summed E-state index contributed by atoms with van der Waals surface area (Å²) in [6, 6.07) is 13.3. The monoisotopic (exact) mass is 413 g/mol. The summed E-state index contributed by atoms with van der Waals surface area (Å²) in [4.78, 5) is 25.1. The predicted molar refractivity (Wildman–Crippen MR) is 112 cm³/mol. The van der Waals surface area contributed by atoms with Crippen LogP contribution >= 0.6 is 11.3 Å². The van der Waals surface area contributed by atoms with E-state index in [9.17, 15) is 4.79 Å². The third kappa shape index (κ3) is 5.73. The summed E-state index contributed by atoms with van der Waals surface area (Å²) < 4.78 is 1.59. The average molecular weight is 413 g/mol. The summed E-state index contributed by atoms with van der Waals surface area (Å²) in [6.07, 6.45) is 10.3. The maximum absolute atomic E-state index is 11.7. The Bertz CT molecular complexity index is 1060. The van der Waals surface area contributed by atoms with Crippen LogP contribution < -0.4 is 40.4 Å². The van der Waals surface area contributed by atoms with Crippen molar-refractivity contribution in [3.8, 4) is 5.69 Å². The van der Waals surface area contributed by atoms with Gasteiger partial charge in [-0.3, -0.25) is 20.7 Å². The fraction of sp³-hybridized carbons (Fsp3) is 0.238. The zero-order chi connectivity index (χ0) is 19.2. The second-order valence-electron chi connectivity index (χ2n) is 6.57. The molecule has 0 bridgehead atoms. The van der Waals surface area contributed by atoms with E-state index in [4.69, 9.17) is 0 Å². The molecule has 0 aromatic carbocycles. The van der Waals surface area contributed by atoms with E-state index < -0.39 is 0 Å². The van der Waals surface area contributed by atoms with Crippen LogP contribution in [0.3, 0.4) is 0 Å². The number of pyridine rings is 3. The topological polar surface area (TPSA) is 72.7 Å². The van der Waals surface area contributed by atoms with Crippen LogP contribution in [0.4, 0.5) is 5.82 Å². The van der Waals surface area contributed by atoms with Crippen LogP contribution in [0.15, 0.2) is 65.8 Å². The van der Waals surface area contributed by atoms with Gasteiger partial charge in [0.2, 0.25) is 0 Å². The Kier molecular flexibility index (Phi) is 7.94. The molecule has 5 rings (SSSR count). The first-order chi connectivity index (χ1) is 13.8. The molecule has 1 N–H and O–H groups in total. The smallest absolute Gasteiger partial charge is 0.385 e. The Morgan fingerprint density at radius 1 is 1.07 bits per heavy atom. The van der Waals surface area contributed by atoms with Crippen molar-refractivity contribution in [2.75, 3.05) is 5.32 Å². The Balaban J connectivity index is 0.000000201. The van der Waals surface area contributed by atoms with Crippen LogP contribution in [-0.2, 0) is 0 Å². The second kappa shape index (κ2) is 10.6. The molecule has 0 unspecified atom stereocenters. The minimum Gasteiger partial charge on any atom is -0.385 e. The largest absolute Gasteiger partial charge is 1.00 e. The first-order valence-corrected chi connectivity index (χ1v) is 10.1. The molecule has 8 heteroatoms. The van der Waals surface area contributed by atoms with Crippen molar-refractivity contribution in [3.05, 3.63) is 76.9 Å². The maximum Gasteiger partial charge on any atom is 1.00 e. The van der Waals surface area contributed by atoms with E-state index in [0.717, 1.165) is 21.9 Å². The van der Waals surface area contributed by atoms with Crippen molar-refractivity contribution in [2.45, 2.75) is 31.7 Å². The predicted octanol–water partition coefficient (Wildman–Crippen LogP) is 1.08. The SMILES string of the molecule is O=c1ccccn1-c1ccc(NC2CCCC2)nc1.[Na+].[c-]1nc2cccnc2s1. The third-order valence-electron chi connectivity index (χ3n) is 4.62. The third-order valence-corrected chi connectivity index (χ3v) is 5.31. The minimum absolute atomic E-state index is 0. The maximum atomic E-state index is 11.7. The Morgan fingerprint density at radius 3 is 2.66 bits per heavy atom. The fourth-order valence-electron chi connectivity index (χ4n) is 3.20. The molecule has 6 nitrogen and oxygen atoms in total. The molecule has 0 amide bonds. The Labute approximate surface area is 195 Å². The quantitative estimate of drug-likeness (QED) is 0.402. The number of hydrogen-bond acceptors (Lipinski definition) is 6. The van der Waals surface area contributed by atoms with E-state index in [1.54, 1.807) is 35.3 Å². The van der Waals surface area contributed by atoms with E-state index in [0.29, 0.717) is 6.04 Å². The van der Waals surface area contributed by atoms with E-state index in [1.165, 1.54) is 37.0 Å². The van der Waals surface area contributed by atoms with E-state index in [-0.39, 0.29) is 35.1 Å². The van der Waals surface area contributed by atoms with Crippen molar-refractivity contribution in [1.82, 2.24) is 19.5 Å². The van der Waals surface area contributed by atoms with Crippen LogP contribution in [0, 0.1) is 5.51 Å². The summed E-state index contributed by atoms with van der Waals surface area (Å²) in [5, 5.41) is 3.44. The van der Waals surface area contributed by atoms with Crippen LogP contribution in [0.2, 0.25) is 0 Å². The van der Waals surface area contributed by atoms with Crippen molar-refractivity contribution < 1.29 is 29.6 Å². The van der Waals surface area contributed by atoms with E-state index in [1.807, 2.05) is 30.3 Å². The van der Waals surface area contributed by atoms with Gasteiger partial charge < -0.3 is 15.3 Å². The van der Waals surface area contributed by atoms with Gasteiger partial charge in [-0.1, -0.05) is 30.5 Å². The number of nitrogens with one attached hydrogen (secondary N) is 1. The van der Waals surface area contributed by atoms with Crippen molar-refractivity contribution >= 4 is 27.5 Å². The number of hydrogen-bond donors (Lipinski definition) is 1. The van der Waals surface area contributed by atoms with Gasteiger partial charge in [-0.2, -0.15) is 0 Å². The number of fused-ring (bicyclic) bond motifs is 1. The molecule has 0 aliphatic heterocycles. The van der Waals surface area contributed by atoms with Gasteiger partial charge in [0.15, 0.2) is 0 Å². The van der Waals surface area contributed by atoms with Gasteiger partial charge in [0.25, 0.3) is 5.56 Å². The van der Waals surface area contributed by atoms with Crippen LogP contribution in [0.5, 0.6) is 0 Å². The standard InChI is InChI=1S/C15H17N3O.C6H3N2S.Na/c19-15-7-3-4-10-18(15)13-8-9-14(16-11-13)17-12-5-1-2-6-12;1-2-5-6(7-3-1)9-4-8-5;/h3-4,7-12H,1-2,5-6H2,(H,16,17);1-3H;/q;-1;+1. The van der Waals surface area contributed by atoms with Gasteiger partial charge in [-0.25, -0.2) is 4.98 Å². The Morgan fingerprint density at radius 2 is 1.93 bits per heavy atom. The number of nitrogens with zero attached hydrogens (tertiary/aromatic N) is 4. The van der Waals surface area contributed by atoms with Gasteiger partial charge in [0.1, 0.15) is 5.82 Å². The van der Waals surface area contributed by atoms with E-state index >= 15 is 0 Å². The summed E-state index contributed by atoms with van der Waals surface area (Å²) in [5.74, 6) is 0.889. The van der Waals surface area contributed by atoms with Gasteiger partial charge in [0.05, 0.1) is 11.9 Å². The second-order valence-corrected chi connectivity index (χ2v) is 7.34. The number of aromatic nitrogens is 4. The molecule has 1 fully saturated rings. The molecule has 0 radical (unpaired) electrons. The number of anilines is 1. The zero-order valence-corrected chi connectivity index (χ0v) is 19.1. The van der Waals surface area contributed by atoms with E-state index in [2.05, 4.69) is 25.8 Å². The molecular formula is C21H20N5NaOS. The summed E-state index contributed by atoms with van der Waals surface area (Å²) in [5.41, 5.74) is 4.45. The summed E-state index contributed by atoms with van der Waals surface area (Å²) >= 11 is 1.44. The molecule has 4 heterocycles. The van der Waals surface area contributed by atoms with Crippen molar-refractivity contribution in [2.24, 2.45) is 0 Å². The molecule has 0 atom stereocenters. The molecule has 142 valence electrons. The van der Waals surface area contributed by atoms with Crippen molar-refractivity contribution in [3.63, 3.8) is 0 Å². The first-order valence-electron chi connectivity index (χ1n) is 9.28. The van der Waals surface area contributed by atoms with Crippen LogP contribution in [0.1, 0.15) is 25.7 Å². The molecule has 0 spiro atoms. The van der Waals surface area contributed by atoms with Gasteiger partial charge in [-0.05, 0) is 41.4 Å².